The number of esters is 1. The standard InChI is InChI=1S/C46H85NO13/c1-2-3-4-5-6-7-8-9-10-11-12-13-14-15-16-21-46(48)60-43-41-58-39-37-56-35-33-54-31-29-52-27-25-50-23-22-49-24-26-51-28-30-53-32-34-55-36-38-57-40-42-59-45-20-18-17-19-44(45)47/h17-20H,2-16,21-43,47H2,1H3. The molecule has 0 aliphatic carbocycles. The number of ether oxygens (including phenoxy) is 12. The van der Waals surface area contributed by atoms with Gasteiger partial charge >= 0.3 is 5.97 Å². The zero-order chi connectivity index (χ0) is 42.9. The summed E-state index contributed by atoms with van der Waals surface area (Å²) in [5, 5.41) is 0. The summed E-state index contributed by atoms with van der Waals surface area (Å²) in [6.07, 6.45) is 20.2. The third-order valence-electron chi connectivity index (χ3n) is 9.23. The summed E-state index contributed by atoms with van der Waals surface area (Å²) in [7, 11) is 0. The monoisotopic (exact) mass is 860 g/mol. The third kappa shape index (κ3) is 42.6. The second-order valence-corrected chi connectivity index (χ2v) is 14.4. The van der Waals surface area contributed by atoms with Crippen molar-refractivity contribution in [3.8, 4) is 5.75 Å². The fourth-order valence-corrected chi connectivity index (χ4v) is 5.83. The fourth-order valence-electron chi connectivity index (χ4n) is 5.83. The van der Waals surface area contributed by atoms with Crippen LogP contribution in [-0.2, 0) is 56.9 Å². The molecule has 0 amide bonds. The Bertz CT molecular complexity index is 1010. The van der Waals surface area contributed by atoms with Gasteiger partial charge in [0.1, 0.15) is 19.0 Å². The largest absolute Gasteiger partial charge is 0.489 e. The summed E-state index contributed by atoms with van der Waals surface area (Å²) >= 11 is 0. The average molecular weight is 860 g/mol. The lowest BCUT2D eigenvalue weighted by Crippen LogP contribution is -2.15. The molecule has 60 heavy (non-hydrogen) atoms. The number of benzene rings is 1. The van der Waals surface area contributed by atoms with E-state index in [1.54, 1.807) is 6.07 Å². The summed E-state index contributed by atoms with van der Waals surface area (Å²) < 4.78 is 65.8. The number of hydrogen-bond donors (Lipinski definition) is 1. The summed E-state index contributed by atoms with van der Waals surface area (Å²) in [5.74, 6) is 0.535. The Morgan fingerprint density at radius 1 is 0.383 bits per heavy atom. The molecular weight excluding hydrogens is 774 g/mol. The smallest absolute Gasteiger partial charge is 0.305 e. The first-order valence-corrected chi connectivity index (χ1v) is 23.1. The fraction of sp³-hybridized carbons (Fsp3) is 0.848. The van der Waals surface area contributed by atoms with Crippen LogP contribution in [0.4, 0.5) is 5.69 Å². The molecular formula is C46H85NO13. The maximum atomic E-state index is 11.9. The van der Waals surface area contributed by atoms with Crippen molar-refractivity contribution >= 4 is 11.7 Å². The number of para-hydroxylation sites is 2. The van der Waals surface area contributed by atoms with Crippen LogP contribution >= 0.6 is 0 Å². The molecule has 0 aliphatic rings. The average Bonchev–Trinajstić information content (AvgIpc) is 3.25. The van der Waals surface area contributed by atoms with Gasteiger partial charge in [-0.2, -0.15) is 0 Å². The minimum Gasteiger partial charge on any atom is -0.489 e. The van der Waals surface area contributed by atoms with Gasteiger partial charge in [0.15, 0.2) is 0 Å². The summed E-state index contributed by atoms with van der Waals surface area (Å²) in [6.45, 7) is 12.7. The highest BCUT2D eigenvalue weighted by atomic mass is 16.6. The minimum atomic E-state index is -0.132. The Kier molecular flexibility index (Phi) is 44.7. The summed E-state index contributed by atoms with van der Waals surface area (Å²) in [4.78, 5) is 11.9. The minimum absolute atomic E-state index is 0.132. The molecule has 352 valence electrons. The molecule has 0 heterocycles. The molecule has 14 nitrogen and oxygen atoms in total. The quantitative estimate of drug-likeness (QED) is 0.0388. The van der Waals surface area contributed by atoms with Gasteiger partial charge in [-0.25, -0.2) is 0 Å². The Labute approximate surface area is 363 Å². The van der Waals surface area contributed by atoms with E-state index in [2.05, 4.69) is 6.92 Å². The molecule has 1 aromatic rings. The van der Waals surface area contributed by atoms with Crippen LogP contribution in [0.25, 0.3) is 0 Å². The van der Waals surface area contributed by atoms with Gasteiger partial charge in [-0.05, 0) is 18.6 Å². The van der Waals surface area contributed by atoms with E-state index in [0.29, 0.717) is 157 Å². The Morgan fingerprint density at radius 2 is 0.667 bits per heavy atom. The van der Waals surface area contributed by atoms with E-state index in [4.69, 9.17) is 62.6 Å². The molecule has 0 unspecified atom stereocenters. The van der Waals surface area contributed by atoms with Crippen molar-refractivity contribution in [2.45, 2.75) is 110 Å². The van der Waals surface area contributed by atoms with Gasteiger partial charge in [0.05, 0.1) is 138 Å². The number of carbonyl (C=O) groups excluding carboxylic acids is 1. The van der Waals surface area contributed by atoms with Crippen LogP contribution in [0.1, 0.15) is 110 Å². The highest BCUT2D eigenvalue weighted by Crippen LogP contribution is 2.19. The van der Waals surface area contributed by atoms with Crippen molar-refractivity contribution in [2.75, 3.05) is 151 Å². The second kappa shape index (κ2) is 47.9. The van der Waals surface area contributed by atoms with Gasteiger partial charge in [-0.15, -0.1) is 0 Å². The van der Waals surface area contributed by atoms with Gasteiger partial charge in [0, 0.05) is 6.42 Å². The van der Waals surface area contributed by atoms with Gasteiger partial charge < -0.3 is 62.6 Å². The lowest BCUT2D eigenvalue weighted by molar-refractivity contribution is -0.145. The number of rotatable bonds is 50. The molecule has 0 saturated carbocycles. The molecule has 1 rings (SSSR count). The van der Waals surface area contributed by atoms with E-state index in [1.165, 1.54) is 83.5 Å². The predicted octanol–water partition coefficient (Wildman–Crippen LogP) is 7.62. The molecule has 0 aromatic heterocycles. The first-order valence-electron chi connectivity index (χ1n) is 23.1. The van der Waals surface area contributed by atoms with Crippen LogP contribution in [0.3, 0.4) is 0 Å². The molecule has 0 aliphatic heterocycles. The SMILES string of the molecule is CCCCCCCCCCCCCCCCCC(=O)OCCOCCOCCOCCOCCOCCOCCOCCOCCOCCOCCOc1ccccc1N. The number of nitrogen functional groups attached to an aromatic ring is 1. The van der Waals surface area contributed by atoms with E-state index in [9.17, 15) is 4.79 Å². The first-order chi connectivity index (χ1) is 29.7. The highest BCUT2D eigenvalue weighted by Gasteiger charge is 2.03. The van der Waals surface area contributed by atoms with E-state index in [0.717, 1.165) is 12.8 Å². The Morgan fingerprint density at radius 3 is 1.00 bits per heavy atom. The number of hydrogen-bond acceptors (Lipinski definition) is 14. The molecule has 14 heteroatoms. The van der Waals surface area contributed by atoms with E-state index in [1.807, 2.05) is 18.2 Å². The summed E-state index contributed by atoms with van der Waals surface area (Å²) in [5.41, 5.74) is 6.45. The molecule has 2 N–H and O–H groups in total. The van der Waals surface area contributed by atoms with Crippen LogP contribution in [0.15, 0.2) is 24.3 Å². The Hall–Kier alpha value is -2.11. The number of anilines is 1. The van der Waals surface area contributed by atoms with Gasteiger partial charge in [0.2, 0.25) is 0 Å². The predicted molar refractivity (Wildman–Crippen MR) is 235 cm³/mol. The van der Waals surface area contributed by atoms with Crippen LogP contribution < -0.4 is 10.5 Å². The third-order valence-corrected chi connectivity index (χ3v) is 9.23. The number of nitrogens with two attached hydrogens (primary N) is 1. The highest BCUT2D eigenvalue weighted by molar-refractivity contribution is 5.69. The van der Waals surface area contributed by atoms with Crippen LogP contribution in [0.5, 0.6) is 5.75 Å². The van der Waals surface area contributed by atoms with Gasteiger partial charge in [-0.1, -0.05) is 109 Å². The molecule has 0 fully saturated rings. The van der Waals surface area contributed by atoms with Crippen LogP contribution in [0.2, 0.25) is 0 Å². The summed E-state index contributed by atoms with van der Waals surface area (Å²) in [6, 6.07) is 7.38. The Balaban J connectivity index is 1.63. The molecule has 1 aromatic carbocycles. The maximum absolute atomic E-state index is 11.9. The van der Waals surface area contributed by atoms with Crippen LogP contribution in [0, 0.1) is 0 Å². The number of carbonyl (C=O) groups is 1. The molecule has 0 spiro atoms. The second-order valence-electron chi connectivity index (χ2n) is 14.4. The van der Waals surface area contributed by atoms with E-state index >= 15 is 0 Å². The molecule has 0 atom stereocenters. The number of unbranched alkanes of at least 4 members (excludes halogenated alkanes) is 14. The van der Waals surface area contributed by atoms with Crippen molar-refractivity contribution in [3.05, 3.63) is 24.3 Å². The molecule has 0 bridgehead atoms. The topological polar surface area (TPSA) is 154 Å². The van der Waals surface area contributed by atoms with Crippen molar-refractivity contribution < 1.29 is 61.6 Å². The van der Waals surface area contributed by atoms with Crippen LogP contribution in [-0.4, -0.2) is 151 Å². The zero-order valence-corrected chi connectivity index (χ0v) is 37.6. The first kappa shape index (κ1) is 55.9. The van der Waals surface area contributed by atoms with Crippen molar-refractivity contribution in [2.24, 2.45) is 0 Å². The van der Waals surface area contributed by atoms with E-state index in [-0.39, 0.29) is 12.6 Å². The van der Waals surface area contributed by atoms with Crippen molar-refractivity contribution in [1.29, 1.82) is 0 Å². The van der Waals surface area contributed by atoms with Gasteiger partial charge in [-0.3, -0.25) is 4.79 Å². The lowest BCUT2D eigenvalue weighted by Gasteiger charge is -2.10. The zero-order valence-electron chi connectivity index (χ0n) is 37.6. The molecule has 0 radical (unpaired) electrons. The van der Waals surface area contributed by atoms with Gasteiger partial charge in [0.25, 0.3) is 0 Å². The molecule has 0 saturated heterocycles. The lowest BCUT2D eigenvalue weighted by atomic mass is 10.0. The van der Waals surface area contributed by atoms with E-state index < -0.39 is 0 Å². The normalized spacial score (nSPS) is 11.4. The van der Waals surface area contributed by atoms with Crippen molar-refractivity contribution in [1.82, 2.24) is 0 Å². The maximum Gasteiger partial charge on any atom is 0.305 e. The van der Waals surface area contributed by atoms with Crippen molar-refractivity contribution in [3.63, 3.8) is 0 Å².